The lowest BCUT2D eigenvalue weighted by atomic mass is 9.82. The van der Waals surface area contributed by atoms with Gasteiger partial charge in [0.05, 0.1) is 6.61 Å². The standard InChI is InChI=1S/C8H16BrNO/c1-7(2)10-4-8(3-9,5-10)6-11/h7,11H,3-6H2,1-2H3. The number of rotatable bonds is 3. The Balaban J connectivity index is 2.35. The van der Waals surface area contributed by atoms with E-state index in [-0.39, 0.29) is 5.41 Å². The first kappa shape index (κ1) is 9.49. The molecule has 1 rings (SSSR count). The molecule has 0 saturated carbocycles. The Morgan fingerprint density at radius 1 is 1.55 bits per heavy atom. The van der Waals surface area contributed by atoms with Gasteiger partial charge in [0.1, 0.15) is 0 Å². The van der Waals surface area contributed by atoms with Crippen LogP contribution in [0.5, 0.6) is 0 Å². The van der Waals surface area contributed by atoms with Gasteiger partial charge in [-0.2, -0.15) is 0 Å². The first-order valence-corrected chi connectivity index (χ1v) is 5.16. The lowest BCUT2D eigenvalue weighted by molar-refractivity contribution is -0.0399. The van der Waals surface area contributed by atoms with E-state index in [1.54, 1.807) is 0 Å². The number of aliphatic hydroxyl groups excluding tert-OH is 1. The van der Waals surface area contributed by atoms with Crippen LogP contribution in [0.4, 0.5) is 0 Å². The molecule has 66 valence electrons. The van der Waals surface area contributed by atoms with Gasteiger partial charge >= 0.3 is 0 Å². The van der Waals surface area contributed by atoms with E-state index in [4.69, 9.17) is 5.11 Å². The Hall–Kier alpha value is 0.400. The molecular weight excluding hydrogens is 206 g/mol. The topological polar surface area (TPSA) is 23.5 Å². The maximum absolute atomic E-state index is 9.08. The minimum absolute atomic E-state index is 0.157. The van der Waals surface area contributed by atoms with Gasteiger partial charge in [-0.3, -0.25) is 4.90 Å². The Morgan fingerprint density at radius 2 is 2.09 bits per heavy atom. The van der Waals surface area contributed by atoms with Gasteiger partial charge in [0.2, 0.25) is 0 Å². The third kappa shape index (κ3) is 1.76. The SMILES string of the molecule is CC(C)N1CC(CO)(CBr)C1. The molecule has 1 saturated heterocycles. The van der Waals surface area contributed by atoms with E-state index in [0.717, 1.165) is 18.4 Å². The highest BCUT2D eigenvalue weighted by Gasteiger charge is 2.42. The molecule has 0 amide bonds. The van der Waals surface area contributed by atoms with Crippen molar-refractivity contribution in [2.45, 2.75) is 19.9 Å². The predicted molar refractivity (Wildman–Crippen MR) is 50.0 cm³/mol. The predicted octanol–water partition coefficient (Wildman–Crippen LogP) is 1.08. The fourth-order valence-corrected chi connectivity index (χ4v) is 1.94. The third-order valence-corrected chi connectivity index (χ3v) is 3.62. The van der Waals surface area contributed by atoms with Crippen molar-refractivity contribution < 1.29 is 5.11 Å². The van der Waals surface area contributed by atoms with E-state index in [1.165, 1.54) is 0 Å². The first-order chi connectivity index (χ1) is 5.13. The monoisotopic (exact) mass is 221 g/mol. The van der Waals surface area contributed by atoms with Crippen molar-refractivity contribution in [2.75, 3.05) is 25.0 Å². The summed E-state index contributed by atoms with van der Waals surface area (Å²) in [4.78, 5) is 2.37. The number of nitrogens with zero attached hydrogens (tertiary/aromatic N) is 1. The second kappa shape index (κ2) is 3.42. The zero-order valence-electron chi connectivity index (χ0n) is 7.18. The molecule has 2 nitrogen and oxygen atoms in total. The molecule has 0 aromatic carbocycles. The van der Waals surface area contributed by atoms with Crippen molar-refractivity contribution in [1.82, 2.24) is 4.90 Å². The average Bonchev–Trinajstić information content (AvgIpc) is 1.87. The van der Waals surface area contributed by atoms with Gasteiger partial charge in [0.25, 0.3) is 0 Å². The van der Waals surface area contributed by atoms with Gasteiger partial charge in [-0.05, 0) is 13.8 Å². The van der Waals surface area contributed by atoms with Crippen molar-refractivity contribution in [3.05, 3.63) is 0 Å². The van der Waals surface area contributed by atoms with E-state index in [0.29, 0.717) is 12.6 Å². The van der Waals surface area contributed by atoms with Gasteiger partial charge in [0, 0.05) is 29.9 Å². The number of halogens is 1. The molecule has 0 bridgehead atoms. The zero-order valence-corrected chi connectivity index (χ0v) is 8.76. The van der Waals surface area contributed by atoms with Crippen molar-refractivity contribution in [1.29, 1.82) is 0 Å². The van der Waals surface area contributed by atoms with Gasteiger partial charge in [-0.1, -0.05) is 15.9 Å². The van der Waals surface area contributed by atoms with Gasteiger partial charge in [-0.15, -0.1) is 0 Å². The van der Waals surface area contributed by atoms with Gasteiger partial charge < -0.3 is 5.11 Å². The fraction of sp³-hybridized carbons (Fsp3) is 1.00. The molecule has 1 aliphatic rings. The van der Waals surface area contributed by atoms with Crippen LogP contribution in [0.3, 0.4) is 0 Å². The highest BCUT2D eigenvalue weighted by Crippen LogP contribution is 2.32. The molecule has 0 unspecified atom stereocenters. The lowest BCUT2D eigenvalue weighted by Crippen LogP contribution is -2.61. The molecule has 1 N–H and O–H groups in total. The summed E-state index contributed by atoms with van der Waals surface area (Å²) in [5.41, 5.74) is 0.157. The minimum Gasteiger partial charge on any atom is -0.396 e. The Bertz CT molecular complexity index is 126. The quantitative estimate of drug-likeness (QED) is 0.722. The van der Waals surface area contributed by atoms with Crippen LogP contribution in [-0.4, -0.2) is 41.1 Å². The number of hydrogen-bond acceptors (Lipinski definition) is 2. The van der Waals surface area contributed by atoms with Crippen LogP contribution in [0.1, 0.15) is 13.8 Å². The molecule has 11 heavy (non-hydrogen) atoms. The molecular formula is C8H16BrNO. The van der Waals surface area contributed by atoms with E-state index in [2.05, 4.69) is 34.7 Å². The lowest BCUT2D eigenvalue weighted by Gasteiger charge is -2.50. The van der Waals surface area contributed by atoms with E-state index < -0.39 is 0 Å². The maximum Gasteiger partial charge on any atom is 0.0520 e. The molecule has 0 aliphatic carbocycles. The van der Waals surface area contributed by atoms with Crippen LogP contribution < -0.4 is 0 Å². The maximum atomic E-state index is 9.08. The van der Waals surface area contributed by atoms with Crippen LogP contribution in [-0.2, 0) is 0 Å². The summed E-state index contributed by atoms with van der Waals surface area (Å²) in [6.45, 7) is 6.76. The van der Waals surface area contributed by atoms with Gasteiger partial charge in [-0.25, -0.2) is 0 Å². The number of hydrogen-bond donors (Lipinski definition) is 1. The van der Waals surface area contributed by atoms with Crippen LogP contribution in [0, 0.1) is 5.41 Å². The molecule has 1 fully saturated rings. The highest BCUT2D eigenvalue weighted by molar-refractivity contribution is 9.09. The van der Waals surface area contributed by atoms with Crippen LogP contribution in [0.2, 0.25) is 0 Å². The molecule has 0 atom stereocenters. The van der Waals surface area contributed by atoms with Crippen molar-refractivity contribution >= 4 is 15.9 Å². The second-order valence-corrected chi connectivity index (χ2v) is 4.35. The average molecular weight is 222 g/mol. The Kier molecular flexibility index (Phi) is 2.95. The molecule has 0 aromatic heterocycles. The fourth-order valence-electron chi connectivity index (χ4n) is 1.41. The smallest absolute Gasteiger partial charge is 0.0520 e. The van der Waals surface area contributed by atoms with E-state index >= 15 is 0 Å². The van der Waals surface area contributed by atoms with Crippen LogP contribution >= 0.6 is 15.9 Å². The molecule has 0 radical (unpaired) electrons. The molecule has 3 heteroatoms. The summed E-state index contributed by atoms with van der Waals surface area (Å²) < 4.78 is 0. The highest BCUT2D eigenvalue weighted by atomic mass is 79.9. The van der Waals surface area contributed by atoms with Gasteiger partial charge in [0.15, 0.2) is 0 Å². The van der Waals surface area contributed by atoms with Crippen LogP contribution in [0.25, 0.3) is 0 Å². The normalized spacial score (nSPS) is 23.7. The zero-order chi connectivity index (χ0) is 8.48. The second-order valence-electron chi connectivity index (χ2n) is 3.79. The first-order valence-electron chi connectivity index (χ1n) is 4.04. The molecule has 1 heterocycles. The summed E-state index contributed by atoms with van der Waals surface area (Å²) in [5, 5.41) is 10.00. The summed E-state index contributed by atoms with van der Waals surface area (Å²) in [6.07, 6.45) is 0. The van der Waals surface area contributed by atoms with E-state index in [1.807, 2.05) is 0 Å². The van der Waals surface area contributed by atoms with Crippen LogP contribution in [0.15, 0.2) is 0 Å². The third-order valence-electron chi connectivity index (χ3n) is 2.43. The Morgan fingerprint density at radius 3 is 2.36 bits per heavy atom. The molecule has 1 aliphatic heterocycles. The summed E-state index contributed by atoms with van der Waals surface area (Å²) >= 11 is 3.43. The van der Waals surface area contributed by atoms with Crippen molar-refractivity contribution in [2.24, 2.45) is 5.41 Å². The number of likely N-dealkylation sites (tertiary alicyclic amines) is 1. The molecule has 0 aromatic rings. The molecule has 0 spiro atoms. The van der Waals surface area contributed by atoms with Crippen molar-refractivity contribution in [3.8, 4) is 0 Å². The number of alkyl halides is 1. The van der Waals surface area contributed by atoms with Crippen molar-refractivity contribution in [3.63, 3.8) is 0 Å². The number of aliphatic hydroxyl groups is 1. The summed E-state index contributed by atoms with van der Waals surface area (Å²) in [5.74, 6) is 0. The summed E-state index contributed by atoms with van der Waals surface area (Å²) in [7, 11) is 0. The summed E-state index contributed by atoms with van der Waals surface area (Å²) in [6, 6.07) is 0.619. The Labute approximate surface area is 76.7 Å². The minimum atomic E-state index is 0.157. The largest absolute Gasteiger partial charge is 0.396 e. The van der Waals surface area contributed by atoms with E-state index in [9.17, 15) is 0 Å².